The van der Waals surface area contributed by atoms with E-state index in [0.29, 0.717) is 42.9 Å². The molecule has 0 saturated carbocycles. The van der Waals surface area contributed by atoms with E-state index in [1.807, 2.05) is 30.3 Å². The van der Waals surface area contributed by atoms with Crippen LogP contribution in [0.2, 0.25) is 0 Å². The molecule has 2 aromatic carbocycles. The van der Waals surface area contributed by atoms with Crippen LogP contribution in [0.5, 0.6) is 5.75 Å². The second-order valence-corrected chi connectivity index (χ2v) is 6.97. The molecule has 0 aliphatic carbocycles. The lowest BCUT2D eigenvalue weighted by Crippen LogP contribution is -2.42. The number of likely N-dealkylation sites (tertiary alicyclic amines) is 1. The molecule has 1 fully saturated rings. The highest BCUT2D eigenvalue weighted by atomic mass is 16.5. The van der Waals surface area contributed by atoms with Gasteiger partial charge in [-0.1, -0.05) is 18.2 Å². The summed E-state index contributed by atoms with van der Waals surface area (Å²) in [6.45, 7) is 1.05. The van der Waals surface area contributed by atoms with Crippen molar-refractivity contribution in [2.75, 3.05) is 30.3 Å². The number of ketones is 1. The minimum absolute atomic E-state index is 0.0101. The molecule has 0 bridgehead atoms. The third kappa shape index (κ3) is 3.83. The van der Waals surface area contributed by atoms with Crippen molar-refractivity contribution in [2.45, 2.75) is 12.8 Å². The molecule has 0 aromatic heterocycles. The van der Waals surface area contributed by atoms with E-state index in [1.54, 1.807) is 23.1 Å². The van der Waals surface area contributed by atoms with Gasteiger partial charge in [0.25, 0.3) is 5.91 Å². The maximum absolute atomic E-state index is 12.9. The van der Waals surface area contributed by atoms with Crippen molar-refractivity contribution in [3.63, 3.8) is 0 Å². The number of rotatable bonds is 3. The molecule has 7 heteroatoms. The number of nitrogens with zero attached hydrogens (tertiary/aromatic N) is 1. The lowest BCUT2D eigenvalue weighted by molar-refractivity contribution is -0.118. The quantitative estimate of drug-likeness (QED) is 0.802. The first kappa shape index (κ1) is 18.0. The minimum atomic E-state index is -0.227. The zero-order chi connectivity index (χ0) is 19.5. The fourth-order valence-corrected chi connectivity index (χ4v) is 3.54. The smallest absolute Gasteiger partial charge is 0.321 e. The van der Waals surface area contributed by atoms with Crippen LogP contribution in [0.4, 0.5) is 16.2 Å². The van der Waals surface area contributed by atoms with Crippen LogP contribution in [0.15, 0.2) is 48.5 Å². The van der Waals surface area contributed by atoms with E-state index < -0.39 is 0 Å². The number of urea groups is 1. The normalized spacial score (nSPS) is 16.6. The van der Waals surface area contributed by atoms with Crippen LogP contribution < -0.4 is 15.4 Å². The minimum Gasteiger partial charge on any atom is -0.482 e. The molecule has 0 atom stereocenters. The van der Waals surface area contributed by atoms with Crippen molar-refractivity contribution in [1.82, 2.24) is 4.90 Å². The molecule has 2 aliphatic heterocycles. The number of carbonyl (C=O) groups is 3. The Balaban J connectivity index is 1.36. The molecule has 7 nitrogen and oxygen atoms in total. The highest BCUT2D eigenvalue weighted by Crippen LogP contribution is 2.30. The van der Waals surface area contributed by atoms with Crippen molar-refractivity contribution in [3.05, 3.63) is 54.1 Å². The standard InChI is InChI=1S/C21H21N3O4/c25-19-13-28-18-7-6-15(12-17(18)23-19)20(26)14-8-10-24(11-9-14)21(27)22-16-4-2-1-3-5-16/h1-7,12,14H,8-11,13H2,(H,22,27)(H,23,25). The van der Waals surface area contributed by atoms with Crippen LogP contribution in [0.25, 0.3) is 0 Å². The van der Waals surface area contributed by atoms with Crippen molar-refractivity contribution >= 4 is 29.1 Å². The number of hydrogen-bond acceptors (Lipinski definition) is 4. The van der Waals surface area contributed by atoms with Gasteiger partial charge in [-0.15, -0.1) is 0 Å². The lowest BCUT2D eigenvalue weighted by Gasteiger charge is -2.31. The van der Waals surface area contributed by atoms with Crippen molar-refractivity contribution < 1.29 is 19.1 Å². The second kappa shape index (κ2) is 7.72. The van der Waals surface area contributed by atoms with Crippen LogP contribution in [-0.4, -0.2) is 42.3 Å². The average Bonchev–Trinajstić information content (AvgIpc) is 2.73. The van der Waals surface area contributed by atoms with Crippen LogP contribution in [-0.2, 0) is 4.79 Å². The summed E-state index contributed by atoms with van der Waals surface area (Å²) in [5.74, 6) is 0.239. The second-order valence-electron chi connectivity index (χ2n) is 6.97. The van der Waals surface area contributed by atoms with Gasteiger partial charge in [0.15, 0.2) is 12.4 Å². The molecule has 2 aliphatic rings. The van der Waals surface area contributed by atoms with Gasteiger partial charge in [-0.2, -0.15) is 0 Å². The predicted octanol–water partition coefficient (Wildman–Crippen LogP) is 3.14. The van der Waals surface area contributed by atoms with E-state index in [4.69, 9.17) is 4.74 Å². The number of para-hydroxylation sites is 1. The number of benzene rings is 2. The molecule has 2 heterocycles. The number of fused-ring (bicyclic) bond motifs is 1. The zero-order valence-corrected chi connectivity index (χ0v) is 15.3. The number of anilines is 2. The van der Waals surface area contributed by atoms with E-state index in [9.17, 15) is 14.4 Å². The first-order valence-corrected chi connectivity index (χ1v) is 9.32. The fourth-order valence-electron chi connectivity index (χ4n) is 3.54. The molecule has 4 rings (SSSR count). The van der Waals surface area contributed by atoms with Crippen molar-refractivity contribution in [1.29, 1.82) is 0 Å². The van der Waals surface area contributed by atoms with Crippen LogP contribution >= 0.6 is 0 Å². The highest BCUT2D eigenvalue weighted by Gasteiger charge is 2.29. The molecule has 0 unspecified atom stereocenters. The molecule has 28 heavy (non-hydrogen) atoms. The molecule has 0 radical (unpaired) electrons. The topological polar surface area (TPSA) is 87.7 Å². The van der Waals surface area contributed by atoms with E-state index in [0.717, 1.165) is 5.69 Å². The maximum atomic E-state index is 12.9. The fraction of sp³-hybridized carbons (Fsp3) is 0.286. The highest BCUT2D eigenvalue weighted by molar-refractivity contribution is 6.02. The molecule has 2 aromatic rings. The number of hydrogen-bond donors (Lipinski definition) is 2. The van der Waals surface area contributed by atoms with Crippen LogP contribution in [0.1, 0.15) is 23.2 Å². The van der Waals surface area contributed by atoms with E-state index in [1.165, 1.54) is 0 Å². The summed E-state index contributed by atoms with van der Waals surface area (Å²) in [6, 6.07) is 14.3. The van der Waals surface area contributed by atoms with Gasteiger partial charge in [-0.25, -0.2) is 4.79 Å². The summed E-state index contributed by atoms with van der Waals surface area (Å²) in [7, 11) is 0. The Kier molecular flexibility index (Phi) is 4.97. The Morgan fingerprint density at radius 1 is 1.07 bits per heavy atom. The molecule has 1 saturated heterocycles. The maximum Gasteiger partial charge on any atom is 0.321 e. The summed E-state index contributed by atoms with van der Waals surface area (Å²) in [5.41, 5.74) is 1.84. The van der Waals surface area contributed by atoms with Gasteiger partial charge in [0, 0.05) is 30.3 Å². The summed E-state index contributed by atoms with van der Waals surface area (Å²) in [5, 5.41) is 5.60. The predicted molar refractivity (Wildman–Crippen MR) is 105 cm³/mol. The Bertz CT molecular complexity index is 905. The molecule has 0 spiro atoms. The molecular formula is C21H21N3O4. The van der Waals surface area contributed by atoms with E-state index in [-0.39, 0.29) is 30.2 Å². The van der Waals surface area contributed by atoms with Gasteiger partial charge in [0.1, 0.15) is 5.75 Å². The first-order valence-electron chi connectivity index (χ1n) is 9.32. The summed E-state index contributed by atoms with van der Waals surface area (Å²) in [4.78, 5) is 38.5. The molecule has 2 N–H and O–H groups in total. The Morgan fingerprint density at radius 3 is 2.57 bits per heavy atom. The van der Waals surface area contributed by atoms with E-state index >= 15 is 0 Å². The van der Waals surface area contributed by atoms with Gasteiger partial charge >= 0.3 is 6.03 Å². The number of amides is 3. The largest absolute Gasteiger partial charge is 0.482 e. The van der Waals surface area contributed by atoms with Gasteiger partial charge in [-0.3, -0.25) is 9.59 Å². The van der Waals surface area contributed by atoms with E-state index in [2.05, 4.69) is 10.6 Å². The lowest BCUT2D eigenvalue weighted by atomic mass is 9.88. The van der Waals surface area contributed by atoms with Crippen molar-refractivity contribution in [3.8, 4) is 5.75 Å². The average molecular weight is 379 g/mol. The summed E-state index contributed by atoms with van der Waals surface area (Å²) >= 11 is 0. The monoisotopic (exact) mass is 379 g/mol. The number of Topliss-reactive ketones (excluding diaryl/α,β-unsaturated/α-hetero) is 1. The number of ether oxygens (including phenoxy) is 1. The van der Waals surface area contributed by atoms with Gasteiger partial charge in [0.2, 0.25) is 0 Å². The third-order valence-electron chi connectivity index (χ3n) is 5.07. The molecular weight excluding hydrogens is 358 g/mol. The number of nitrogens with one attached hydrogen (secondary N) is 2. The van der Waals surface area contributed by atoms with Crippen molar-refractivity contribution in [2.24, 2.45) is 5.92 Å². The number of carbonyl (C=O) groups excluding carboxylic acids is 3. The van der Waals surface area contributed by atoms with Gasteiger partial charge in [0.05, 0.1) is 5.69 Å². The van der Waals surface area contributed by atoms with Gasteiger partial charge < -0.3 is 20.3 Å². The summed E-state index contributed by atoms with van der Waals surface area (Å²) < 4.78 is 5.33. The Hall–Kier alpha value is -3.35. The molecule has 144 valence electrons. The number of piperidine rings is 1. The molecule has 3 amide bonds. The summed E-state index contributed by atoms with van der Waals surface area (Å²) in [6.07, 6.45) is 1.22. The first-order chi connectivity index (χ1) is 13.6. The SMILES string of the molecule is O=C1COc2ccc(C(=O)C3CCN(C(=O)Nc4ccccc4)CC3)cc2N1. The Morgan fingerprint density at radius 2 is 1.82 bits per heavy atom. The van der Waals surface area contributed by atoms with Crippen LogP contribution in [0, 0.1) is 5.92 Å². The van der Waals surface area contributed by atoms with Crippen LogP contribution in [0.3, 0.4) is 0 Å². The zero-order valence-electron chi connectivity index (χ0n) is 15.3. The Labute approximate surface area is 162 Å². The van der Waals surface area contributed by atoms with Gasteiger partial charge in [-0.05, 0) is 43.2 Å². The third-order valence-corrected chi connectivity index (χ3v) is 5.07.